The molecule has 8 nitrogen and oxygen atoms in total. The highest BCUT2D eigenvalue weighted by Crippen LogP contribution is 2.32. The van der Waals surface area contributed by atoms with E-state index in [0.717, 1.165) is 12.8 Å². The van der Waals surface area contributed by atoms with E-state index in [2.05, 4.69) is 11.1 Å². The molecule has 36 heavy (non-hydrogen) atoms. The SMILES string of the molecule is CCCC(F)(F)[C@H](C)N=C/C(=C\N)c1c(C2C=CC(C#N)=CC2)nc(N2CCC(N)CC2)n(C)c1=O. The van der Waals surface area contributed by atoms with E-state index in [1.807, 2.05) is 11.0 Å². The number of hydrogen-bond acceptors (Lipinski definition) is 7. The summed E-state index contributed by atoms with van der Waals surface area (Å²) in [5.74, 6) is -2.75. The standard InChI is InChI=1S/C26H35F2N7O/c1-4-11-26(27,28)17(2)32-16-20(15-30)22-23(19-7-5-18(14-29)6-8-19)33-25(34(3)24(22)36)35-12-9-21(31)10-13-35/h5-7,15-17,19,21H,4,8-13,30-31H2,1-3H3/b20-15+,32-16?/t17-,19?/m0/s1. The second-order valence-corrected chi connectivity index (χ2v) is 9.42. The van der Waals surface area contributed by atoms with Crippen molar-refractivity contribution in [2.45, 2.75) is 69.9 Å². The fraction of sp³-hybridized carbons (Fsp3) is 0.538. The third kappa shape index (κ3) is 5.90. The van der Waals surface area contributed by atoms with E-state index in [-0.39, 0.29) is 35.1 Å². The lowest BCUT2D eigenvalue weighted by molar-refractivity contribution is -0.0273. The molecule has 2 heterocycles. The van der Waals surface area contributed by atoms with E-state index in [1.165, 1.54) is 23.9 Å². The number of anilines is 1. The van der Waals surface area contributed by atoms with Crippen LogP contribution in [0.1, 0.15) is 63.1 Å². The number of allylic oxidation sites excluding steroid dienone is 5. The molecular weight excluding hydrogens is 464 g/mol. The zero-order chi connectivity index (χ0) is 26.5. The Labute approximate surface area is 210 Å². The molecular formula is C26H35F2N7O. The summed E-state index contributed by atoms with van der Waals surface area (Å²) in [5, 5.41) is 9.21. The number of nitrogens with zero attached hydrogens (tertiary/aromatic N) is 5. The molecule has 0 bridgehead atoms. The predicted octanol–water partition coefficient (Wildman–Crippen LogP) is 3.40. The van der Waals surface area contributed by atoms with Gasteiger partial charge in [0.15, 0.2) is 0 Å². The van der Waals surface area contributed by atoms with Gasteiger partial charge in [-0.25, -0.2) is 13.8 Å². The van der Waals surface area contributed by atoms with E-state index < -0.39 is 12.0 Å². The smallest absolute Gasteiger partial charge is 0.269 e. The summed E-state index contributed by atoms with van der Waals surface area (Å²) in [4.78, 5) is 24.7. The van der Waals surface area contributed by atoms with Crippen LogP contribution < -0.4 is 21.9 Å². The lowest BCUT2D eigenvalue weighted by Crippen LogP contribution is -2.43. The first-order valence-electron chi connectivity index (χ1n) is 12.4. The van der Waals surface area contributed by atoms with Crippen molar-refractivity contribution in [1.29, 1.82) is 5.26 Å². The summed E-state index contributed by atoms with van der Waals surface area (Å²) in [6.07, 6.45) is 9.87. The van der Waals surface area contributed by atoms with Gasteiger partial charge in [0.25, 0.3) is 11.5 Å². The van der Waals surface area contributed by atoms with E-state index >= 15 is 0 Å². The van der Waals surface area contributed by atoms with Gasteiger partial charge in [-0.2, -0.15) is 5.26 Å². The summed E-state index contributed by atoms with van der Waals surface area (Å²) >= 11 is 0. The predicted molar refractivity (Wildman–Crippen MR) is 139 cm³/mol. The van der Waals surface area contributed by atoms with Crippen LogP contribution in [0.15, 0.2) is 39.8 Å². The van der Waals surface area contributed by atoms with E-state index in [1.54, 1.807) is 26.1 Å². The maximum Gasteiger partial charge on any atom is 0.269 e. The molecule has 1 aromatic rings. The van der Waals surface area contributed by atoms with Gasteiger partial charge in [0.1, 0.15) is 6.04 Å². The number of aromatic nitrogens is 2. The molecule has 1 aliphatic heterocycles. The van der Waals surface area contributed by atoms with Crippen molar-refractivity contribution >= 4 is 17.7 Å². The highest BCUT2D eigenvalue weighted by Gasteiger charge is 2.35. The minimum absolute atomic E-state index is 0.114. The second kappa shape index (κ2) is 11.6. The number of piperidine rings is 1. The number of nitrogens with two attached hydrogens (primary N) is 2. The fourth-order valence-electron chi connectivity index (χ4n) is 4.47. The molecule has 10 heteroatoms. The van der Waals surface area contributed by atoms with Crippen LogP contribution in [0, 0.1) is 11.3 Å². The molecule has 1 unspecified atom stereocenters. The number of rotatable bonds is 8. The molecule has 0 amide bonds. The molecule has 1 saturated heterocycles. The van der Waals surface area contributed by atoms with Crippen LogP contribution in [0.4, 0.5) is 14.7 Å². The fourth-order valence-corrected chi connectivity index (χ4v) is 4.47. The third-order valence-corrected chi connectivity index (χ3v) is 6.80. The highest BCUT2D eigenvalue weighted by molar-refractivity contribution is 6.10. The van der Waals surface area contributed by atoms with E-state index in [0.29, 0.717) is 43.1 Å². The molecule has 1 aliphatic carbocycles. The maximum absolute atomic E-state index is 14.3. The van der Waals surface area contributed by atoms with E-state index in [4.69, 9.17) is 16.5 Å². The monoisotopic (exact) mass is 499 g/mol. The number of nitriles is 1. The van der Waals surface area contributed by atoms with Crippen LogP contribution in [0.5, 0.6) is 0 Å². The first kappa shape index (κ1) is 27.3. The van der Waals surface area contributed by atoms with Crippen LogP contribution in [0.25, 0.3) is 5.57 Å². The Morgan fingerprint density at radius 1 is 1.42 bits per heavy atom. The molecule has 0 spiro atoms. The Morgan fingerprint density at radius 2 is 2.11 bits per heavy atom. The maximum atomic E-state index is 14.3. The summed E-state index contributed by atoms with van der Waals surface area (Å²) in [7, 11) is 1.64. The van der Waals surface area contributed by atoms with Crippen LogP contribution in [-0.4, -0.2) is 46.9 Å². The Balaban J connectivity index is 2.09. The van der Waals surface area contributed by atoms with Gasteiger partial charge in [0.2, 0.25) is 5.95 Å². The van der Waals surface area contributed by atoms with Gasteiger partial charge in [-0.05, 0) is 32.3 Å². The van der Waals surface area contributed by atoms with Gasteiger partial charge in [-0.15, -0.1) is 0 Å². The quantitative estimate of drug-likeness (QED) is 0.528. The van der Waals surface area contributed by atoms with Crippen molar-refractivity contribution in [3.8, 4) is 6.07 Å². The molecule has 194 valence electrons. The molecule has 4 N–H and O–H groups in total. The number of halogens is 2. The molecule has 0 saturated carbocycles. The summed E-state index contributed by atoms with van der Waals surface area (Å²) in [6, 6.07) is 0.951. The van der Waals surface area contributed by atoms with E-state index in [9.17, 15) is 18.8 Å². The van der Waals surface area contributed by atoms with Crippen LogP contribution in [0.3, 0.4) is 0 Å². The molecule has 3 rings (SSSR count). The largest absolute Gasteiger partial charge is 0.404 e. The summed E-state index contributed by atoms with van der Waals surface area (Å²) < 4.78 is 30.2. The Kier molecular flexibility index (Phi) is 8.79. The van der Waals surface area contributed by atoms with Crippen LogP contribution in [0.2, 0.25) is 0 Å². The normalized spacial score (nSPS) is 20.5. The highest BCUT2D eigenvalue weighted by atomic mass is 19.3. The molecule has 2 aliphatic rings. The number of alkyl halides is 2. The van der Waals surface area contributed by atoms with Crippen LogP contribution in [-0.2, 0) is 7.05 Å². The molecule has 2 atom stereocenters. The van der Waals surface area contributed by atoms with Gasteiger partial charge in [0, 0.05) is 62.1 Å². The van der Waals surface area contributed by atoms with Gasteiger partial charge in [-0.3, -0.25) is 14.4 Å². The topological polar surface area (TPSA) is 126 Å². The average molecular weight is 500 g/mol. The lowest BCUT2D eigenvalue weighted by atomic mass is 9.89. The molecule has 0 aromatic carbocycles. The average Bonchev–Trinajstić information content (AvgIpc) is 2.87. The zero-order valence-corrected chi connectivity index (χ0v) is 21.1. The van der Waals surface area contributed by atoms with Gasteiger partial charge < -0.3 is 16.4 Å². The molecule has 0 radical (unpaired) electrons. The van der Waals surface area contributed by atoms with Crippen molar-refractivity contribution in [3.63, 3.8) is 0 Å². The van der Waals surface area contributed by atoms with Crippen molar-refractivity contribution in [2.24, 2.45) is 23.5 Å². The Hall–Kier alpha value is -3.32. The van der Waals surface area contributed by atoms with Crippen molar-refractivity contribution in [3.05, 3.63) is 51.6 Å². The molecule has 1 fully saturated rings. The van der Waals surface area contributed by atoms with Gasteiger partial charge >= 0.3 is 0 Å². The van der Waals surface area contributed by atoms with Gasteiger partial charge in [0.05, 0.1) is 17.3 Å². The van der Waals surface area contributed by atoms with Crippen molar-refractivity contribution < 1.29 is 8.78 Å². The first-order valence-corrected chi connectivity index (χ1v) is 12.4. The minimum atomic E-state index is -2.97. The summed E-state index contributed by atoms with van der Waals surface area (Å²) in [6.45, 7) is 4.38. The van der Waals surface area contributed by atoms with Gasteiger partial charge in [-0.1, -0.05) is 25.5 Å². The number of hydrogen-bond donors (Lipinski definition) is 2. The third-order valence-electron chi connectivity index (χ3n) is 6.80. The van der Waals surface area contributed by atoms with Crippen molar-refractivity contribution in [2.75, 3.05) is 18.0 Å². The lowest BCUT2D eigenvalue weighted by Gasteiger charge is -2.33. The van der Waals surface area contributed by atoms with Crippen molar-refractivity contribution in [1.82, 2.24) is 9.55 Å². The Morgan fingerprint density at radius 3 is 2.67 bits per heavy atom. The second-order valence-electron chi connectivity index (χ2n) is 9.42. The zero-order valence-electron chi connectivity index (χ0n) is 21.1. The van der Waals surface area contributed by atoms with Crippen LogP contribution >= 0.6 is 0 Å². The minimum Gasteiger partial charge on any atom is -0.404 e. The Bertz CT molecular complexity index is 1170. The number of aliphatic imine (C=N–C) groups is 1. The summed E-state index contributed by atoms with van der Waals surface area (Å²) in [5.41, 5.74) is 13.1. The first-order chi connectivity index (χ1) is 17.1. The molecule has 1 aromatic heterocycles.